The van der Waals surface area contributed by atoms with Gasteiger partial charge in [-0.25, -0.2) is 0 Å². The van der Waals surface area contributed by atoms with Gasteiger partial charge in [0.2, 0.25) is 0 Å². The average molecular weight is 201 g/mol. The van der Waals surface area contributed by atoms with E-state index in [9.17, 15) is 5.11 Å². The summed E-state index contributed by atoms with van der Waals surface area (Å²) < 4.78 is 4.87. The van der Waals surface area contributed by atoms with Crippen LogP contribution in [0.1, 0.15) is 18.1 Å². The Labute approximate surface area is 83.1 Å². The number of hydrogen-bond donors (Lipinski definition) is 1. The van der Waals surface area contributed by atoms with E-state index >= 15 is 0 Å². The monoisotopic (exact) mass is 200 g/mol. The van der Waals surface area contributed by atoms with Crippen molar-refractivity contribution in [1.82, 2.24) is 0 Å². The Bertz CT molecular complexity index is 263. The maximum absolute atomic E-state index is 9.67. The van der Waals surface area contributed by atoms with Gasteiger partial charge < -0.3 is 9.84 Å². The Kier molecular flexibility index (Phi) is 4.22. The largest absolute Gasteiger partial charge is 0.388 e. The van der Waals surface area contributed by atoms with Crippen molar-refractivity contribution in [1.29, 1.82) is 0 Å². The fourth-order valence-electron chi connectivity index (χ4n) is 1.13. The van der Waals surface area contributed by atoms with Crippen LogP contribution in [0.2, 0.25) is 5.02 Å². The predicted octanol–water partition coefficient (Wildman–Crippen LogP) is 2.41. The first-order valence-electron chi connectivity index (χ1n) is 4.17. The summed E-state index contributed by atoms with van der Waals surface area (Å²) in [4.78, 5) is 0. The maximum atomic E-state index is 9.67. The molecular weight excluding hydrogens is 188 g/mol. The highest BCUT2D eigenvalue weighted by Gasteiger charge is 2.09. The normalized spacial score (nSPS) is 12.8. The van der Waals surface area contributed by atoms with Crippen LogP contribution >= 0.6 is 11.6 Å². The quantitative estimate of drug-likeness (QED) is 0.809. The van der Waals surface area contributed by atoms with Crippen molar-refractivity contribution in [3.8, 4) is 0 Å². The molecule has 1 N–H and O–H groups in total. The van der Waals surface area contributed by atoms with E-state index in [1.807, 2.05) is 18.2 Å². The van der Waals surface area contributed by atoms with Crippen molar-refractivity contribution in [3.63, 3.8) is 0 Å². The lowest BCUT2D eigenvalue weighted by molar-refractivity contribution is 0.110. The standard InChI is InChI=1S/C10H13ClO2/c1-13-7-6-10(12)8-4-2-3-5-9(8)11/h2-5,10,12H,6-7H2,1H3. The van der Waals surface area contributed by atoms with E-state index in [-0.39, 0.29) is 0 Å². The number of hydrogen-bond acceptors (Lipinski definition) is 2. The SMILES string of the molecule is COCCC(O)c1ccccc1Cl. The molecule has 1 rings (SSSR count). The molecule has 0 bridgehead atoms. The van der Waals surface area contributed by atoms with Gasteiger partial charge in [0.25, 0.3) is 0 Å². The highest BCUT2D eigenvalue weighted by molar-refractivity contribution is 6.31. The number of methoxy groups -OCH3 is 1. The van der Waals surface area contributed by atoms with Gasteiger partial charge in [-0.3, -0.25) is 0 Å². The van der Waals surface area contributed by atoms with Gasteiger partial charge in [-0.05, 0) is 11.6 Å². The molecule has 1 aromatic carbocycles. The van der Waals surface area contributed by atoms with Crippen LogP contribution in [-0.4, -0.2) is 18.8 Å². The second-order valence-electron chi connectivity index (χ2n) is 2.82. The molecule has 0 aliphatic heterocycles. The van der Waals surface area contributed by atoms with Crippen LogP contribution in [0.5, 0.6) is 0 Å². The van der Waals surface area contributed by atoms with Gasteiger partial charge in [-0.2, -0.15) is 0 Å². The molecule has 0 fully saturated rings. The Morgan fingerprint density at radius 3 is 2.77 bits per heavy atom. The van der Waals surface area contributed by atoms with Crippen LogP contribution in [0.4, 0.5) is 0 Å². The molecule has 0 amide bonds. The molecule has 13 heavy (non-hydrogen) atoms. The van der Waals surface area contributed by atoms with Crippen molar-refractivity contribution >= 4 is 11.6 Å². The van der Waals surface area contributed by atoms with Crippen molar-refractivity contribution in [2.75, 3.05) is 13.7 Å². The van der Waals surface area contributed by atoms with Crippen LogP contribution in [-0.2, 0) is 4.74 Å². The van der Waals surface area contributed by atoms with Crippen LogP contribution < -0.4 is 0 Å². The number of rotatable bonds is 4. The summed E-state index contributed by atoms with van der Waals surface area (Å²) in [5.74, 6) is 0. The first-order chi connectivity index (χ1) is 6.25. The van der Waals surface area contributed by atoms with Crippen LogP contribution in [0.15, 0.2) is 24.3 Å². The molecule has 0 spiro atoms. The first kappa shape index (κ1) is 10.5. The van der Waals surface area contributed by atoms with Gasteiger partial charge in [0.1, 0.15) is 0 Å². The molecule has 0 radical (unpaired) electrons. The minimum Gasteiger partial charge on any atom is -0.388 e. The Hall–Kier alpha value is -0.570. The minimum atomic E-state index is -0.534. The number of ether oxygens (including phenoxy) is 1. The predicted molar refractivity (Wildman–Crippen MR) is 52.9 cm³/mol. The number of aliphatic hydroxyl groups is 1. The van der Waals surface area contributed by atoms with Gasteiger partial charge in [0, 0.05) is 25.2 Å². The smallest absolute Gasteiger partial charge is 0.0826 e. The molecule has 0 aromatic heterocycles. The molecule has 0 aliphatic carbocycles. The zero-order chi connectivity index (χ0) is 9.68. The number of aliphatic hydroxyl groups excluding tert-OH is 1. The third-order valence-electron chi connectivity index (χ3n) is 1.86. The van der Waals surface area contributed by atoms with Crippen LogP contribution in [0.3, 0.4) is 0 Å². The molecule has 1 unspecified atom stereocenters. The summed E-state index contributed by atoms with van der Waals surface area (Å²) in [6.07, 6.45) is 0.0360. The Morgan fingerprint density at radius 1 is 1.46 bits per heavy atom. The third-order valence-corrected chi connectivity index (χ3v) is 2.20. The summed E-state index contributed by atoms with van der Waals surface area (Å²) >= 11 is 5.90. The summed E-state index contributed by atoms with van der Waals surface area (Å²) in [6.45, 7) is 0.534. The second-order valence-corrected chi connectivity index (χ2v) is 3.23. The summed E-state index contributed by atoms with van der Waals surface area (Å²) in [7, 11) is 1.61. The molecule has 2 nitrogen and oxygen atoms in total. The molecule has 3 heteroatoms. The van der Waals surface area contributed by atoms with Crippen LogP contribution in [0, 0.1) is 0 Å². The van der Waals surface area contributed by atoms with Crippen molar-refractivity contribution in [2.24, 2.45) is 0 Å². The molecule has 72 valence electrons. The summed E-state index contributed by atoms with van der Waals surface area (Å²) in [5, 5.41) is 10.3. The van der Waals surface area contributed by atoms with E-state index in [1.165, 1.54) is 0 Å². The van der Waals surface area contributed by atoms with E-state index in [4.69, 9.17) is 16.3 Å². The zero-order valence-electron chi connectivity index (χ0n) is 7.53. The first-order valence-corrected chi connectivity index (χ1v) is 4.55. The van der Waals surface area contributed by atoms with Crippen molar-refractivity contribution < 1.29 is 9.84 Å². The molecule has 0 saturated carbocycles. The fourth-order valence-corrected chi connectivity index (χ4v) is 1.39. The molecular formula is C10H13ClO2. The highest BCUT2D eigenvalue weighted by atomic mass is 35.5. The lowest BCUT2D eigenvalue weighted by Crippen LogP contribution is -2.02. The van der Waals surface area contributed by atoms with E-state index in [2.05, 4.69) is 0 Å². The van der Waals surface area contributed by atoms with Gasteiger partial charge in [-0.1, -0.05) is 29.8 Å². The van der Waals surface area contributed by atoms with Gasteiger partial charge in [0.05, 0.1) is 6.10 Å². The summed E-state index contributed by atoms with van der Waals surface area (Å²) in [5.41, 5.74) is 0.765. The molecule has 0 saturated heterocycles. The van der Waals surface area contributed by atoms with Crippen molar-refractivity contribution in [2.45, 2.75) is 12.5 Å². The molecule has 0 heterocycles. The Balaban J connectivity index is 2.65. The fraction of sp³-hybridized carbons (Fsp3) is 0.400. The van der Waals surface area contributed by atoms with Gasteiger partial charge in [0.15, 0.2) is 0 Å². The average Bonchev–Trinajstić information content (AvgIpc) is 2.15. The second kappa shape index (κ2) is 5.22. The van der Waals surface area contributed by atoms with E-state index in [0.717, 1.165) is 5.56 Å². The lowest BCUT2D eigenvalue weighted by atomic mass is 10.1. The van der Waals surface area contributed by atoms with E-state index in [1.54, 1.807) is 13.2 Å². The number of halogens is 1. The minimum absolute atomic E-state index is 0.534. The molecule has 1 atom stereocenters. The van der Waals surface area contributed by atoms with Crippen molar-refractivity contribution in [3.05, 3.63) is 34.9 Å². The van der Waals surface area contributed by atoms with Gasteiger partial charge in [-0.15, -0.1) is 0 Å². The van der Waals surface area contributed by atoms with Gasteiger partial charge >= 0.3 is 0 Å². The summed E-state index contributed by atoms with van der Waals surface area (Å²) in [6, 6.07) is 7.29. The zero-order valence-corrected chi connectivity index (χ0v) is 8.29. The van der Waals surface area contributed by atoms with E-state index < -0.39 is 6.10 Å². The molecule has 1 aromatic rings. The molecule has 0 aliphatic rings. The maximum Gasteiger partial charge on any atom is 0.0826 e. The topological polar surface area (TPSA) is 29.5 Å². The third kappa shape index (κ3) is 2.99. The van der Waals surface area contributed by atoms with Crippen LogP contribution in [0.25, 0.3) is 0 Å². The highest BCUT2D eigenvalue weighted by Crippen LogP contribution is 2.24. The number of benzene rings is 1. The van der Waals surface area contributed by atoms with E-state index in [0.29, 0.717) is 18.1 Å². The Morgan fingerprint density at radius 2 is 2.15 bits per heavy atom. The lowest BCUT2D eigenvalue weighted by Gasteiger charge is -2.11.